The van der Waals surface area contributed by atoms with Crippen molar-refractivity contribution in [2.45, 2.75) is 45.4 Å². The molecule has 17 heavy (non-hydrogen) atoms. The van der Waals surface area contributed by atoms with E-state index in [1.165, 1.54) is 38.6 Å². The van der Waals surface area contributed by atoms with Crippen LogP contribution in [-0.2, 0) is 0 Å². The van der Waals surface area contributed by atoms with Crippen molar-refractivity contribution in [3.05, 3.63) is 0 Å². The zero-order valence-corrected chi connectivity index (χ0v) is 11.5. The maximum absolute atomic E-state index is 3.70. The summed E-state index contributed by atoms with van der Waals surface area (Å²) < 4.78 is 0. The maximum atomic E-state index is 3.70. The summed E-state index contributed by atoms with van der Waals surface area (Å²) in [5.41, 5.74) is 1.38. The minimum Gasteiger partial charge on any atom is -0.318 e. The van der Waals surface area contributed by atoms with Gasteiger partial charge in [-0.2, -0.15) is 0 Å². The molecule has 4 saturated carbocycles. The minimum atomic E-state index is 0.673. The van der Waals surface area contributed by atoms with Gasteiger partial charge in [0.25, 0.3) is 0 Å². The van der Waals surface area contributed by atoms with Crippen LogP contribution in [0.3, 0.4) is 0 Å². The Morgan fingerprint density at radius 2 is 1.76 bits per heavy atom. The van der Waals surface area contributed by atoms with Crippen LogP contribution in [0.4, 0.5) is 0 Å². The zero-order valence-electron chi connectivity index (χ0n) is 11.5. The lowest BCUT2D eigenvalue weighted by Crippen LogP contribution is -2.54. The Balaban J connectivity index is 1.62. The van der Waals surface area contributed by atoms with E-state index < -0.39 is 0 Å². The Hall–Kier alpha value is -0.0800. The fraction of sp³-hybridized carbons (Fsp3) is 1.00. The molecule has 0 heterocycles. The predicted molar refractivity (Wildman–Crippen MR) is 72.0 cm³/mol. The summed E-state index contributed by atoms with van der Waals surface area (Å²) in [6.07, 6.45) is 9.15. The molecule has 0 amide bonds. The SMILES string of the molecule is CNCCNCC12CC3CC(CC(C)(C3)C1)C2. The van der Waals surface area contributed by atoms with Gasteiger partial charge >= 0.3 is 0 Å². The van der Waals surface area contributed by atoms with Crippen LogP contribution in [0.1, 0.15) is 45.4 Å². The van der Waals surface area contributed by atoms with E-state index >= 15 is 0 Å². The molecule has 4 rings (SSSR count). The second-order valence-corrected chi connectivity index (χ2v) is 7.55. The molecule has 4 bridgehead atoms. The highest BCUT2D eigenvalue weighted by Gasteiger charge is 2.55. The molecule has 0 aromatic carbocycles. The Kier molecular flexibility index (Phi) is 2.99. The molecule has 0 aromatic heterocycles. The van der Waals surface area contributed by atoms with Crippen molar-refractivity contribution >= 4 is 0 Å². The highest BCUT2D eigenvalue weighted by Crippen LogP contribution is 2.64. The molecule has 0 spiro atoms. The van der Waals surface area contributed by atoms with E-state index in [0.29, 0.717) is 10.8 Å². The Morgan fingerprint density at radius 1 is 1.06 bits per heavy atom. The quantitative estimate of drug-likeness (QED) is 0.716. The van der Waals surface area contributed by atoms with Crippen molar-refractivity contribution in [3.8, 4) is 0 Å². The third-order valence-electron chi connectivity index (χ3n) is 5.53. The summed E-state index contributed by atoms with van der Waals surface area (Å²) in [6, 6.07) is 0. The molecule has 4 aliphatic carbocycles. The number of hydrogen-bond acceptors (Lipinski definition) is 2. The topological polar surface area (TPSA) is 24.1 Å². The molecule has 98 valence electrons. The first-order valence-electron chi connectivity index (χ1n) is 7.49. The summed E-state index contributed by atoms with van der Waals surface area (Å²) in [4.78, 5) is 0. The van der Waals surface area contributed by atoms with Gasteiger partial charge in [0, 0.05) is 19.6 Å². The van der Waals surface area contributed by atoms with Crippen molar-refractivity contribution in [2.24, 2.45) is 22.7 Å². The lowest BCUT2D eigenvalue weighted by Gasteiger charge is -2.61. The van der Waals surface area contributed by atoms with Gasteiger partial charge in [-0.3, -0.25) is 0 Å². The Labute approximate surface area is 106 Å². The summed E-state index contributed by atoms with van der Waals surface area (Å²) >= 11 is 0. The first-order chi connectivity index (χ1) is 8.13. The summed E-state index contributed by atoms with van der Waals surface area (Å²) in [6.45, 7) is 6.06. The molecule has 2 heteroatoms. The number of hydrogen-bond donors (Lipinski definition) is 2. The van der Waals surface area contributed by atoms with Gasteiger partial charge in [0.1, 0.15) is 0 Å². The van der Waals surface area contributed by atoms with Gasteiger partial charge in [-0.15, -0.1) is 0 Å². The summed E-state index contributed by atoms with van der Waals surface area (Å²) in [5, 5.41) is 6.92. The van der Waals surface area contributed by atoms with E-state index in [1.54, 1.807) is 6.42 Å². The van der Waals surface area contributed by atoms with Crippen LogP contribution in [-0.4, -0.2) is 26.7 Å². The van der Waals surface area contributed by atoms with Crippen LogP contribution in [0.5, 0.6) is 0 Å². The second kappa shape index (κ2) is 4.24. The van der Waals surface area contributed by atoms with Crippen molar-refractivity contribution in [1.29, 1.82) is 0 Å². The molecular weight excluding hydrogens is 208 g/mol. The van der Waals surface area contributed by atoms with Gasteiger partial charge in [0.15, 0.2) is 0 Å². The van der Waals surface area contributed by atoms with Crippen molar-refractivity contribution in [3.63, 3.8) is 0 Å². The molecular formula is C15H28N2. The highest BCUT2D eigenvalue weighted by molar-refractivity contribution is 5.06. The van der Waals surface area contributed by atoms with E-state index in [-0.39, 0.29) is 0 Å². The molecule has 0 aromatic rings. The van der Waals surface area contributed by atoms with Gasteiger partial charge in [-0.05, 0) is 68.2 Å². The fourth-order valence-electron chi connectivity index (χ4n) is 5.70. The fourth-order valence-corrected chi connectivity index (χ4v) is 5.70. The Bertz CT molecular complexity index is 273. The van der Waals surface area contributed by atoms with Crippen LogP contribution < -0.4 is 10.6 Å². The number of nitrogens with one attached hydrogen (secondary N) is 2. The van der Waals surface area contributed by atoms with E-state index in [0.717, 1.165) is 24.9 Å². The average molecular weight is 236 g/mol. The maximum Gasteiger partial charge on any atom is 0.00768 e. The van der Waals surface area contributed by atoms with Crippen molar-refractivity contribution in [1.82, 2.24) is 10.6 Å². The molecule has 0 saturated heterocycles. The average Bonchev–Trinajstić information content (AvgIpc) is 2.21. The molecule has 2 nitrogen and oxygen atoms in total. The normalized spacial score (nSPS) is 47.6. The lowest BCUT2D eigenvalue weighted by molar-refractivity contribution is -0.0997. The zero-order chi connectivity index (χ0) is 11.9. The van der Waals surface area contributed by atoms with Crippen LogP contribution in [0.15, 0.2) is 0 Å². The van der Waals surface area contributed by atoms with Crippen LogP contribution in [0.2, 0.25) is 0 Å². The Morgan fingerprint density at radius 3 is 2.35 bits per heavy atom. The van der Waals surface area contributed by atoms with Crippen LogP contribution in [0, 0.1) is 22.7 Å². The van der Waals surface area contributed by atoms with Crippen molar-refractivity contribution in [2.75, 3.05) is 26.7 Å². The molecule has 2 atom stereocenters. The monoisotopic (exact) mass is 236 g/mol. The molecule has 4 fully saturated rings. The standard InChI is InChI=1S/C15H28N2/c1-14-6-12-5-13(7-14)9-15(8-12,10-14)11-17-4-3-16-2/h12-13,16-17H,3-11H2,1-2H3. The largest absolute Gasteiger partial charge is 0.318 e. The van der Waals surface area contributed by atoms with Gasteiger partial charge < -0.3 is 10.6 Å². The third-order valence-corrected chi connectivity index (χ3v) is 5.53. The van der Waals surface area contributed by atoms with E-state index in [4.69, 9.17) is 0 Å². The molecule has 0 aliphatic heterocycles. The number of likely N-dealkylation sites (N-methyl/N-ethyl adjacent to an activating group) is 1. The second-order valence-electron chi connectivity index (χ2n) is 7.55. The first-order valence-corrected chi connectivity index (χ1v) is 7.49. The van der Waals surface area contributed by atoms with Gasteiger partial charge in [-0.1, -0.05) is 6.92 Å². The van der Waals surface area contributed by atoms with E-state index in [2.05, 4.69) is 17.6 Å². The van der Waals surface area contributed by atoms with Gasteiger partial charge in [0.2, 0.25) is 0 Å². The third kappa shape index (κ3) is 2.26. The predicted octanol–water partition coefficient (Wildman–Crippen LogP) is 2.40. The lowest BCUT2D eigenvalue weighted by atomic mass is 9.44. The summed E-state index contributed by atoms with van der Waals surface area (Å²) in [5.74, 6) is 2.12. The van der Waals surface area contributed by atoms with Crippen LogP contribution >= 0.6 is 0 Å². The first kappa shape index (κ1) is 12.0. The summed E-state index contributed by atoms with van der Waals surface area (Å²) in [7, 11) is 2.04. The molecule has 4 aliphatic rings. The van der Waals surface area contributed by atoms with Crippen molar-refractivity contribution < 1.29 is 0 Å². The number of rotatable bonds is 5. The minimum absolute atomic E-state index is 0.673. The smallest absolute Gasteiger partial charge is 0.00768 e. The molecule has 0 radical (unpaired) electrons. The molecule has 2 N–H and O–H groups in total. The van der Waals surface area contributed by atoms with Crippen LogP contribution in [0.25, 0.3) is 0 Å². The molecule has 2 unspecified atom stereocenters. The highest BCUT2D eigenvalue weighted by atomic mass is 14.9. The van der Waals surface area contributed by atoms with Gasteiger partial charge in [-0.25, -0.2) is 0 Å². The van der Waals surface area contributed by atoms with E-state index in [9.17, 15) is 0 Å². The van der Waals surface area contributed by atoms with E-state index in [1.807, 2.05) is 7.05 Å². The van der Waals surface area contributed by atoms with Gasteiger partial charge in [0.05, 0.1) is 0 Å².